The Balaban J connectivity index is 2.55. The molecule has 0 spiro atoms. The van der Waals surface area contributed by atoms with Crippen LogP contribution in [0.4, 0.5) is 0 Å². The van der Waals surface area contributed by atoms with Crippen LogP contribution in [0.25, 0.3) is 0 Å². The lowest BCUT2D eigenvalue weighted by Gasteiger charge is -2.20. The van der Waals surface area contributed by atoms with Crippen LogP contribution >= 0.6 is 0 Å². The molecule has 0 aliphatic rings. The molecular weight excluding hydrogens is 256 g/mol. The van der Waals surface area contributed by atoms with Crippen LogP contribution in [-0.2, 0) is 0 Å². The van der Waals surface area contributed by atoms with Crippen LogP contribution in [-0.4, -0.2) is 20.4 Å². The quantitative estimate of drug-likeness (QED) is 0.644. The maximum atomic E-state index is 10.00. The minimum Gasteiger partial charge on any atom is -0.508 e. The van der Waals surface area contributed by atoms with Crippen molar-refractivity contribution >= 4 is 0 Å². The van der Waals surface area contributed by atoms with Gasteiger partial charge in [0.25, 0.3) is 0 Å². The van der Waals surface area contributed by atoms with Gasteiger partial charge in [-0.15, -0.1) is 0 Å². The number of benzene rings is 2. The molecule has 4 nitrogen and oxygen atoms in total. The molecule has 0 amide bonds. The van der Waals surface area contributed by atoms with Gasteiger partial charge < -0.3 is 20.4 Å². The van der Waals surface area contributed by atoms with Crippen LogP contribution in [0.1, 0.15) is 36.8 Å². The molecule has 4 N–H and O–H groups in total. The zero-order valence-electron chi connectivity index (χ0n) is 11.2. The van der Waals surface area contributed by atoms with Gasteiger partial charge in [0, 0.05) is 17.0 Å². The summed E-state index contributed by atoms with van der Waals surface area (Å²) in [6, 6.07) is 8.63. The van der Waals surface area contributed by atoms with E-state index >= 15 is 0 Å². The van der Waals surface area contributed by atoms with Gasteiger partial charge in [0.15, 0.2) is 0 Å². The molecule has 106 valence electrons. The van der Waals surface area contributed by atoms with Crippen LogP contribution in [0.2, 0.25) is 0 Å². The second-order valence-electron chi connectivity index (χ2n) is 4.83. The summed E-state index contributed by atoms with van der Waals surface area (Å²) in [7, 11) is 0. The maximum absolute atomic E-state index is 10.00. The van der Waals surface area contributed by atoms with Crippen LogP contribution in [0.5, 0.6) is 23.0 Å². The first-order valence-corrected chi connectivity index (χ1v) is 6.56. The second-order valence-corrected chi connectivity index (χ2v) is 4.83. The number of phenols is 4. The summed E-state index contributed by atoms with van der Waals surface area (Å²) in [5.74, 6) is -0.0655. The van der Waals surface area contributed by atoms with E-state index in [0.717, 1.165) is 6.42 Å². The molecule has 0 saturated carbocycles. The molecule has 4 heteroatoms. The lowest BCUT2D eigenvalue weighted by atomic mass is 9.86. The first kappa shape index (κ1) is 14.1. The van der Waals surface area contributed by atoms with Gasteiger partial charge >= 0.3 is 0 Å². The summed E-state index contributed by atoms with van der Waals surface area (Å²) >= 11 is 0. The van der Waals surface area contributed by atoms with E-state index < -0.39 is 0 Å². The zero-order valence-corrected chi connectivity index (χ0v) is 11.2. The Labute approximate surface area is 117 Å². The van der Waals surface area contributed by atoms with Crippen molar-refractivity contribution in [2.45, 2.75) is 25.7 Å². The highest BCUT2D eigenvalue weighted by Gasteiger charge is 2.21. The van der Waals surface area contributed by atoms with Crippen molar-refractivity contribution in [1.82, 2.24) is 0 Å². The van der Waals surface area contributed by atoms with Gasteiger partial charge in [0.1, 0.15) is 23.0 Å². The molecule has 0 radical (unpaired) electrons. The predicted octanol–water partition coefficient (Wildman–Crippen LogP) is 3.44. The van der Waals surface area contributed by atoms with E-state index in [1.807, 2.05) is 6.92 Å². The largest absolute Gasteiger partial charge is 0.508 e. The molecule has 0 fully saturated rings. The summed E-state index contributed by atoms with van der Waals surface area (Å²) in [5.41, 5.74) is 1.07. The van der Waals surface area contributed by atoms with Crippen molar-refractivity contribution in [3.8, 4) is 23.0 Å². The molecule has 0 atom stereocenters. The van der Waals surface area contributed by atoms with E-state index in [1.165, 1.54) is 36.4 Å². The van der Waals surface area contributed by atoms with Crippen molar-refractivity contribution in [3.05, 3.63) is 47.5 Å². The Morgan fingerprint density at radius 1 is 0.800 bits per heavy atom. The third kappa shape index (κ3) is 2.79. The first-order valence-electron chi connectivity index (χ1n) is 6.56. The summed E-state index contributed by atoms with van der Waals surface area (Å²) in [4.78, 5) is 0. The number of phenolic OH excluding ortho intramolecular Hbond substituents is 4. The Bertz CT molecular complexity index is 556. The fourth-order valence-electron chi connectivity index (χ4n) is 2.41. The smallest absolute Gasteiger partial charge is 0.119 e. The average molecular weight is 274 g/mol. The SMILES string of the molecule is CCCC(c1cc(O)ccc1O)c1cc(O)ccc1O. The van der Waals surface area contributed by atoms with Crippen molar-refractivity contribution in [2.24, 2.45) is 0 Å². The van der Waals surface area contributed by atoms with Crippen LogP contribution in [0.15, 0.2) is 36.4 Å². The molecule has 0 aromatic heterocycles. The van der Waals surface area contributed by atoms with E-state index in [1.54, 1.807) is 0 Å². The fraction of sp³-hybridized carbons (Fsp3) is 0.250. The van der Waals surface area contributed by atoms with Crippen molar-refractivity contribution < 1.29 is 20.4 Å². The van der Waals surface area contributed by atoms with Gasteiger partial charge in [-0.05, 0) is 42.8 Å². The Morgan fingerprint density at radius 3 is 1.65 bits per heavy atom. The minimum absolute atomic E-state index is 0.0542. The molecule has 0 heterocycles. The summed E-state index contributed by atoms with van der Waals surface area (Å²) in [6.07, 6.45) is 1.50. The summed E-state index contributed by atoms with van der Waals surface area (Å²) in [5, 5.41) is 39.2. The second kappa shape index (κ2) is 5.74. The normalized spacial score (nSPS) is 10.9. The summed E-state index contributed by atoms with van der Waals surface area (Å²) in [6.45, 7) is 1.99. The molecule has 2 aromatic carbocycles. The van der Waals surface area contributed by atoms with Crippen molar-refractivity contribution in [1.29, 1.82) is 0 Å². The van der Waals surface area contributed by atoms with Gasteiger partial charge in [-0.1, -0.05) is 13.3 Å². The molecule has 0 bridgehead atoms. The third-order valence-electron chi connectivity index (χ3n) is 3.35. The lowest BCUT2D eigenvalue weighted by molar-refractivity contribution is 0.437. The van der Waals surface area contributed by atoms with Crippen LogP contribution < -0.4 is 0 Å². The number of rotatable bonds is 4. The molecule has 20 heavy (non-hydrogen) atoms. The summed E-state index contributed by atoms with van der Waals surface area (Å²) < 4.78 is 0. The molecule has 0 aliphatic carbocycles. The standard InChI is InChI=1S/C16H18O4/c1-2-3-12(13-8-10(17)4-6-15(13)19)14-9-11(18)5-7-16(14)20/h4-9,12,17-20H,2-3H2,1H3. The van der Waals surface area contributed by atoms with E-state index in [-0.39, 0.29) is 28.9 Å². The molecule has 0 aliphatic heterocycles. The minimum atomic E-state index is -0.292. The number of aromatic hydroxyl groups is 4. The number of hydrogen-bond donors (Lipinski definition) is 4. The number of hydrogen-bond acceptors (Lipinski definition) is 4. The van der Waals surface area contributed by atoms with E-state index in [2.05, 4.69) is 0 Å². The van der Waals surface area contributed by atoms with E-state index in [9.17, 15) is 20.4 Å². The van der Waals surface area contributed by atoms with Gasteiger partial charge in [0.2, 0.25) is 0 Å². The predicted molar refractivity (Wildman–Crippen MR) is 76.3 cm³/mol. The average Bonchev–Trinajstić information content (AvgIpc) is 2.42. The highest BCUT2D eigenvalue weighted by molar-refractivity contribution is 5.50. The van der Waals surface area contributed by atoms with Gasteiger partial charge in [-0.3, -0.25) is 0 Å². The van der Waals surface area contributed by atoms with Crippen LogP contribution in [0, 0.1) is 0 Å². The Hall–Kier alpha value is -2.36. The molecule has 2 aromatic rings. The maximum Gasteiger partial charge on any atom is 0.119 e. The highest BCUT2D eigenvalue weighted by atomic mass is 16.3. The molecular formula is C16H18O4. The van der Waals surface area contributed by atoms with E-state index in [0.29, 0.717) is 17.5 Å². The lowest BCUT2D eigenvalue weighted by Crippen LogP contribution is -2.02. The fourth-order valence-corrected chi connectivity index (χ4v) is 2.41. The van der Waals surface area contributed by atoms with Gasteiger partial charge in [0.05, 0.1) is 0 Å². The highest BCUT2D eigenvalue weighted by Crippen LogP contribution is 2.41. The molecule has 0 saturated heterocycles. The Morgan fingerprint density at radius 2 is 1.25 bits per heavy atom. The first-order chi connectivity index (χ1) is 9.52. The van der Waals surface area contributed by atoms with Gasteiger partial charge in [-0.2, -0.15) is 0 Å². The molecule has 0 unspecified atom stereocenters. The Kier molecular flexibility index (Phi) is 4.03. The van der Waals surface area contributed by atoms with Crippen molar-refractivity contribution in [3.63, 3.8) is 0 Å². The monoisotopic (exact) mass is 274 g/mol. The van der Waals surface area contributed by atoms with Gasteiger partial charge in [-0.25, -0.2) is 0 Å². The topological polar surface area (TPSA) is 80.9 Å². The van der Waals surface area contributed by atoms with Crippen LogP contribution in [0.3, 0.4) is 0 Å². The third-order valence-corrected chi connectivity index (χ3v) is 3.35. The van der Waals surface area contributed by atoms with E-state index in [4.69, 9.17) is 0 Å². The zero-order chi connectivity index (χ0) is 14.7. The van der Waals surface area contributed by atoms with Crippen molar-refractivity contribution in [2.75, 3.05) is 0 Å². The molecule has 2 rings (SSSR count).